The zero-order chi connectivity index (χ0) is 15.4. The highest BCUT2D eigenvalue weighted by Gasteiger charge is 2.41. The van der Waals surface area contributed by atoms with Gasteiger partial charge in [0.05, 0.1) is 13.2 Å². The van der Waals surface area contributed by atoms with Gasteiger partial charge in [-0.3, -0.25) is 0 Å². The lowest BCUT2D eigenvalue weighted by Crippen LogP contribution is -2.47. The van der Waals surface area contributed by atoms with Gasteiger partial charge in [0.25, 0.3) is 0 Å². The Balaban J connectivity index is 2.14. The summed E-state index contributed by atoms with van der Waals surface area (Å²) in [6, 6.07) is 10.1. The first-order valence-electron chi connectivity index (χ1n) is 7.51. The number of hydrogen-bond donors (Lipinski definition) is 0. The van der Waals surface area contributed by atoms with Crippen molar-refractivity contribution in [2.24, 2.45) is 17.8 Å². The van der Waals surface area contributed by atoms with Gasteiger partial charge in [-0.25, -0.2) is 4.79 Å². The molecule has 1 fully saturated rings. The molecular formula is C18H24O3. The molecule has 0 amide bonds. The molecule has 2 rings (SSSR count). The molecule has 114 valence electrons. The van der Waals surface area contributed by atoms with Crippen LogP contribution in [0.5, 0.6) is 0 Å². The van der Waals surface area contributed by atoms with E-state index in [1.54, 1.807) is 0 Å². The van der Waals surface area contributed by atoms with E-state index in [0.29, 0.717) is 11.8 Å². The largest absolute Gasteiger partial charge is 0.467 e. The molecule has 21 heavy (non-hydrogen) atoms. The van der Waals surface area contributed by atoms with Crippen LogP contribution < -0.4 is 0 Å². The van der Waals surface area contributed by atoms with E-state index in [2.05, 4.69) is 32.9 Å². The zero-order valence-corrected chi connectivity index (χ0v) is 13.2. The Bertz CT molecular complexity index is 494. The van der Waals surface area contributed by atoms with Gasteiger partial charge >= 0.3 is 5.97 Å². The first kappa shape index (κ1) is 15.8. The van der Waals surface area contributed by atoms with Crippen LogP contribution in [-0.4, -0.2) is 25.3 Å². The molecular weight excluding hydrogens is 264 g/mol. The summed E-state index contributed by atoms with van der Waals surface area (Å²) >= 11 is 0. The molecule has 5 atom stereocenters. The summed E-state index contributed by atoms with van der Waals surface area (Å²) < 4.78 is 10.9. The second-order valence-electron chi connectivity index (χ2n) is 5.89. The van der Waals surface area contributed by atoms with Gasteiger partial charge in [0.1, 0.15) is 0 Å². The molecule has 1 aromatic rings. The Hall–Kier alpha value is -1.61. The van der Waals surface area contributed by atoms with Crippen molar-refractivity contribution in [3.63, 3.8) is 0 Å². The molecule has 1 aliphatic rings. The second-order valence-corrected chi connectivity index (χ2v) is 5.89. The van der Waals surface area contributed by atoms with E-state index < -0.39 is 6.10 Å². The normalized spacial score (nSPS) is 33.0. The van der Waals surface area contributed by atoms with E-state index in [4.69, 9.17) is 9.47 Å². The SMILES string of the molecule is COC(=O)[C@H]1O[C@@H](/C=C/c2ccccc2)[C@@H](C)[C@@H](C)[C@H]1C. The van der Waals surface area contributed by atoms with Crippen LogP contribution in [0.15, 0.2) is 36.4 Å². The fourth-order valence-electron chi connectivity index (χ4n) is 2.85. The maximum absolute atomic E-state index is 11.9. The van der Waals surface area contributed by atoms with Crippen molar-refractivity contribution in [1.29, 1.82) is 0 Å². The first-order valence-corrected chi connectivity index (χ1v) is 7.51. The Labute approximate surface area is 127 Å². The summed E-state index contributed by atoms with van der Waals surface area (Å²) in [7, 11) is 1.41. The first-order chi connectivity index (χ1) is 10.0. The molecule has 0 N–H and O–H groups in total. The maximum Gasteiger partial charge on any atom is 0.335 e. The molecule has 3 nitrogen and oxygen atoms in total. The molecule has 1 saturated heterocycles. The molecule has 0 aliphatic carbocycles. The van der Waals surface area contributed by atoms with Crippen molar-refractivity contribution >= 4 is 12.0 Å². The van der Waals surface area contributed by atoms with Gasteiger partial charge in [0.15, 0.2) is 6.10 Å². The lowest BCUT2D eigenvalue weighted by Gasteiger charge is -2.41. The number of carbonyl (C=O) groups excluding carboxylic acids is 1. The van der Waals surface area contributed by atoms with Gasteiger partial charge in [-0.1, -0.05) is 63.3 Å². The van der Waals surface area contributed by atoms with Crippen molar-refractivity contribution in [3.8, 4) is 0 Å². The summed E-state index contributed by atoms with van der Waals surface area (Å²) in [4.78, 5) is 11.9. The molecule has 1 aromatic carbocycles. The predicted octanol–water partition coefficient (Wildman–Crippen LogP) is 3.55. The summed E-state index contributed by atoms with van der Waals surface area (Å²) in [5.74, 6) is 0.641. The van der Waals surface area contributed by atoms with Crippen LogP contribution in [-0.2, 0) is 14.3 Å². The van der Waals surface area contributed by atoms with Gasteiger partial charge in [-0.2, -0.15) is 0 Å². The van der Waals surface area contributed by atoms with Gasteiger partial charge in [-0.05, 0) is 23.3 Å². The molecule has 0 aromatic heterocycles. The number of methoxy groups -OCH3 is 1. The highest BCUT2D eigenvalue weighted by Crippen LogP contribution is 2.36. The van der Waals surface area contributed by atoms with Crippen molar-refractivity contribution in [3.05, 3.63) is 42.0 Å². The van der Waals surface area contributed by atoms with Crippen LogP contribution in [0.2, 0.25) is 0 Å². The minimum absolute atomic E-state index is 0.0690. The predicted molar refractivity (Wildman–Crippen MR) is 83.6 cm³/mol. The Morgan fingerprint density at radius 2 is 1.76 bits per heavy atom. The van der Waals surface area contributed by atoms with Crippen LogP contribution in [0.25, 0.3) is 6.08 Å². The highest BCUT2D eigenvalue weighted by atomic mass is 16.6. The third-order valence-electron chi connectivity index (χ3n) is 4.67. The maximum atomic E-state index is 11.9. The van der Waals surface area contributed by atoms with E-state index in [-0.39, 0.29) is 18.0 Å². The van der Waals surface area contributed by atoms with Crippen LogP contribution in [0.1, 0.15) is 26.3 Å². The minimum atomic E-state index is -0.480. The lowest BCUT2D eigenvalue weighted by molar-refractivity contribution is -0.175. The average molecular weight is 288 g/mol. The summed E-state index contributed by atoms with van der Waals surface area (Å²) in [6.45, 7) is 6.41. The second kappa shape index (κ2) is 6.90. The van der Waals surface area contributed by atoms with Crippen LogP contribution in [0.3, 0.4) is 0 Å². The summed E-state index contributed by atoms with van der Waals surface area (Å²) in [5, 5.41) is 0. The Kier molecular flexibility index (Phi) is 5.18. The topological polar surface area (TPSA) is 35.5 Å². The monoisotopic (exact) mass is 288 g/mol. The van der Waals surface area contributed by atoms with Crippen LogP contribution >= 0.6 is 0 Å². The minimum Gasteiger partial charge on any atom is -0.467 e. The van der Waals surface area contributed by atoms with Gasteiger partial charge in [-0.15, -0.1) is 0 Å². The van der Waals surface area contributed by atoms with E-state index in [1.165, 1.54) is 7.11 Å². The third kappa shape index (κ3) is 3.53. The van der Waals surface area contributed by atoms with Crippen molar-refractivity contribution < 1.29 is 14.3 Å². The molecule has 1 aliphatic heterocycles. The third-order valence-corrected chi connectivity index (χ3v) is 4.67. The smallest absolute Gasteiger partial charge is 0.335 e. The Morgan fingerprint density at radius 1 is 1.10 bits per heavy atom. The molecule has 0 unspecified atom stereocenters. The quantitative estimate of drug-likeness (QED) is 0.798. The molecule has 1 heterocycles. The van der Waals surface area contributed by atoms with E-state index in [9.17, 15) is 4.79 Å². The van der Waals surface area contributed by atoms with E-state index >= 15 is 0 Å². The van der Waals surface area contributed by atoms with Crippen LogP contribution in [0, 0.1) is 17.8 Å². The number of esters is 1. The average Bonchev–Trinajstić information content (AvgIpc) is 2.52. The highest BCUT2D eigenvalue weighted by molar-refractivity contribution is 5.75. The number of rotatable bonds is 3. The molecule has 0 spiro atoms. The van der Waals surface area contributed by atoms with Crippen LogP contribution in [0.4, 0.5) is 0 Å². The van der Waals surface area contributed by atoms with E-state index in [1.807, 2.05) is 30.3 Å². The Morgan fingerprint density at radius 3 is 2.38 bits per heavy atom. The zero-order valence-electron chi connectivity index (χ0n) is 13.2. The van der Waals surface area contributed by atoms with Gasteiger partial charge < -0.3 is 9.47 Å². The number of benzene rings is 1. The summed E-state index contributed by atoms with van der Waals surface area (Å²) in [6.07, 6.45) is 3.56. The number of ether oxygens (including phenoxy) is 2. The van der Waals surface area contributed by atoms with E-state index in [0.717, 1.165) is 5.56 Å². The fourth-order valence-corrected chi connectivity index (χ4v) is 2.85. The molecule has 0 bridgehead atoms. The van der Waals surface area contributed by atoms with Gasteiger partial charge in [0, 0.05) is 0 Å². The van der Waals surface area contributed by atoms with Gasteiger partial charge in [0.2, 0.25) is 0 Å². The molecule has 0 radical (unpaired) electrons. The number of hydrogen-bond acceptors (Lipinski definition) is 3. The summed E-state index contributed by atoms with van der Waals surface area (Å²) in [5.41, 5.74) is 1.13. The van der Waals surface area contributed by atoms with Crippen molar-refractivity contribution in [1.82, 2.24) is 0 Å². The standard InChI is InChI=1S/C18H24O3/c1-12-13(2)16(11-10-15-8-6-5-7-9-15)21-17(14(12)3)18(19)20-4/h5-14,16-17H,1-4H3/b11-10+/t12-,13+,14-,16+,17+/m1/s1. The van der Waals surface area contributed by atoms with Crippen molar-refractivity contribution in [2.75, 3.05) is 7.11 Å². The number of carbonyl (C=O) groups is 1. The lowest BCUT2D eigenvalue weighted by atomic mass is 9.76. The fraction of sp³-hybridized carbons (Fsp3) is 0.500. The van der Waals surface area contributed by atoms with Crippen molar-refractivity contribution in [2.45, 2.75) is 33.0 Å². The molecule has 0 saturated carbocycles. The molecule has 3 heteroatoms.